The highest BCUT2D eigenvalue weighted by molar-refractivity contribution is 7.99. The molecule has 0 radical (unpaired) electrons. The summed E-state index contributed by atoms with van der Waals surface area (Å²) in [5.41, 5.74) is 0.298. The van der Waals surface area contributed by atoms with E-state index in [0.717, 1.165) is 23.9 Å². The predicted molar refractivity (Wildman–Crippen MR) is 66.6 cm³/mol. The van der Waals surface area contributed by atoms with E-state index < -0.39 is 17.6 Å². The molecule has 1 aromatic carbocycles. The minimum absolute atomic E-state index is 0.230. The molecule has 2 rings (SSSR count). The van der Waals surface area contributed by atoms with Crippen molar-refractivity contribution in [2.45, 2.75) is 12.1 Å². The molecule has 0 saturated heterocycles. The van der Waals surface area contributed by atoms with Crippen molar-refractivity contribution in [3.05, 3.63) is 41.7 Å². The maximum absolute atomic E-state index is 13.7. The molecule has 4 nitrogen and oxygen atoms in total. The van der Waals surface area contributed by atoms with Gasteiger partial charge < -0.3 is 5.11 Å². The van der Waals surface area contributed by atoms with E-state index in [4.69, 9.17) is 5.11 Å². The monoisotopic (exact) mass is 284 g/mol. The number of rotatable bonds is 4. The molecule has 1 heterocycles. The quantitative estimate of drug-likeness (QED) is 0.877. The van der Waals surface area contributed by atoms with Crippen molar-refractivity contribution in [3.8, 4) is 5.69 Å². The van der Waals surface area contributed by atoms with Crippen molar-refractivity contribution in [2.24, 2.45) is 0 Å². The lowest BCUT2D eigenvalue weighted by Crippen LogP contribution is -2.04. The highest BCUT2D eigenvalue weighted by atomic mass is 32.2. The van der Waals surface area contributed by atoms with Gasteiger partial charge in [-0.25, -0.2) is 13.8 Å². The highest BCUT2D eigenvalue weighted by Gasteiger charge is 2.16. The summed E-state index contributed by atoms with van der Waals surface area (Å²) in [6.45, 7) is 1.67. The van der Waals surface area contributed by atoms with E-state index in [0.29, 0.717) is 5.69 Å². The number of benzene rings is 1. The summed E-state index contributed by atoms with van der Waals surface area (Å²) < 4.78 is 28.6. The summed E-state index contributed by atoms with van der Waals surface area (Å²) in [7, 11) is 0. The van der Waals surface area contributed by atoms with Crippen molar-refractivity contribution < 1.29 is 18.7 Å². The van der Waals surface area contributed by atoms with Gasteiger partial charge in [-0.1, -0.05) is 17.8 Å². The lowest BCUT2D eigenvalue weighted by molar-refractivity contribution is -0.133. The number of aryl methyl sites for hydroxylation is 1. The SMILES string of the molecule is Cc1cn(-c2c(F)cccc2F)c(SCC(=O)O)n1. The first kappa shape index (κ1) is 13.5. The van der Waals surface area contributed by atoms with Crippen LogP contribution in [0.3, 0.4) is 0 Å². The largest absolute Gasteiger partial charge is 0.481 e. The number of carboxylic acids is 1. The van der Waals surface area contributed by atoms with Crippen LogP contribution in [0.15, 0.2) is 29.6 Å². The van der Waals surface area contributed by atoms with Crippen LogP contribution in [0.25, 0.3) is 5.69 Å². The second-order valence-electron chi connectivity index (χ2n) is 3.79. The number of halogens is 2. The molecule has 1 aromatic heterocycles. The Morgan fingerprint density at radius 2 is 2.05 bits per heavy atom. The Labute approximate surface area is 112 Å². The Hall–Kier alpha value is -1.89. The van der Waals surface area contributed by atoms with Crippen LogP contribution in [-0.4, -0.2) is 26.4 Å². The molecule has 0 unspecified atom stereocenters. The van der Waals surface area contributed by atoms with Crippen molar-refractivity contribution in [1.82, 2.24) is 9.55 Å². The Balaban J connectivity index is 2.47. The molecule has 0 amide bonds. The zero-order valence-corrected chi connectivity index (χ0v) is 10.7. The molecule has 1 N–H and O–H groups in total. The van der Waals surface area contributed by atoms with Gasteiger partial charge in [0, 0.05) is 6.20 Å². The molecule has 0 fully saturated rings. The van der Waals surface area contributed by atoms with Gasteiger partial charge in [0.25, 0.3) is 0 Å². The molecule has 0 spiro atoms. The molecular weight excluding hydrogens is 274 g/mol. The number of nitrogens with zero attached hydrogens (tertiary/aromatic N) is 2. The number of aliphatic carboxylic acids is 1. The fourth-order valence-corrected chi connectivity index (χ4v) is 2.33. The average molecular weight is 284 g/mol. The third-order valence-corrected chi connectivity index (χ3v) is 3.23. The van der Waals surface area contributed by atoms with Gasteiger partial charge in [-0.2, -0.15) is 0 Å². The number of para-hydroxylation sites is 1. The average Bonchev–Trinajstić information content (AvgIpc) is 2.67. The Morgan fingerprint density at radius 1 is 1.42 bits per heavy atom. The van der Waals surface area contributed by atoms with Crippen molar-refractivity contribution in [3.63, 3.8) is 0 Å². The second kappa shape index (κ2) is 5.40. The molecule has 19 heavy (non-hydrogen) atoms. The van der Waals surface area contributed by atoms with E-state index in [-0.39, 0.29) is 16.6 Å². The van der Waals surface area contributed by atoms with Crippen LogP contribution in [0.1, 0.15) is 5.69 Å². The third kappa shape index (κ3) is 2.93. The first-order valence-corrected chi connectivity index (χ1v) is 6.32. The van der Waals surface area contributed by atoms with Gasteiger partial charge in [-0.05, 0) is 19.1 Å². The maximum atomic E-state index is 13.7. The van der Waals surface area contributed by atoms with Crippen LogP contribution in [-0.2, 0) is 4.79 Å². The minimum Gasteiger partial charge on any atom is -0.481 e. The van der Waals surface area contributed by atoms with E-state index in [2.05, 4.69) is 4.98 Å². The number of hydrogen-bond donors (Lipinski definition) is 1. The molecule has 0 saturated carbocycles. The van der Waals surface area contributed by atoms with E-state index in [9.17, 15) is 13.6 Å². The molecule has 0 bridgehead atoms. The first-order valence-electron chi connectivity index (χ1n) is 5.34. The standard InChI is InChI=1S/C12H10F2N2O2S/c1-7-5-16(12(15-7)19-6-10(17)18)11-8(13)3-2-4-9(11)14/h2-5H,6H2,1H3,(H,17,18). The topological polar surface area (TPSA) is 55.1 Å². The second-order valence-corrected chi connectivity index (χ2v) is 4.73. The molecular formula is C12H10F2N2O2S. The first-order chi connectivity index (χ1) is 8.99. The van der Waals surface area contributed by atoms with E-state index in [1.807, 2.05) is 0 Å². The van der Waals surface area contributed by atoms with Gasteiger partial charge in [-0.15, -0.1) is 0 Å². The maximum Gasteiger partial charge on any atom is 0.313 e. The number of thioether (sulfide) groups is 1. The van der Waals surface area contributed by atoms with Gasteiger partial charge in [0.15, 0.2) is 5.16 Å². The number of carbonyl (C=O) groups is 1. The van der Waals surface area contributed by atoms with Crippen LogP contribution in [0.5, 0.6) is 0 Å². The summed E-state index contributed by atoms with van der Waals surface area (Å²) in [6, 6.07) is 3.54. The van der Waals surface area contributed by atoms with Crippen LogP contribution in [0.2, 0.25) is 0 Å². The molecule has 0 aliphatic heterocycles. The fraction of sp³-hybridized carbons (Fsp3) is 0.167. The van der Waals surface area contributed by atoms with Gasteiger partial charge >= 0.3 is 5.97 Å². The molecule has 7 heteroatoms. The normalized spacial score (nSPS) is 10.7. The van der Waals surface area contributed by atoms with Gasteiger partial charge in [0.05, 0.1) is 11.4 Å². The smallest absolute Gasteiger partial charge is 0.313 e. The Bertz CT molecular complexity index is 608. The van der Waals surface area contributed by atoms with Crippen LogP contribution < -0.4 is 0 Å². The van der Waals surface area contributed by atoms with Crippen molar-refractivity contribution in [2.75, 3.05) is 5.75 Å². The van der Waals surface area contributed by atoms with Gasteiger partial charge in [0.1, 0.15) is 17.3 Å². The summed E-state index contributed by atoms with van der Waals surface area (Å²) in [4.78, 5) is 14.6. The number of hydrogen-bond acceptors (Lipinski definition) is 3. The number of aromatic nitrogens is 2. The van der Waals surface area contributed by atoms with Crippen molar-refractivity contribution in [1.29, 1.82) is 0 Å². The van der Waals surface area contributed by atoms with E-state index >= 15 is 0 Å². The predicted octanol–water partition coefficient (Wildman–Crippen LogP) is 2.64. The minimum atomic E-state index is -1.02. The van der Waals surface area contributed by atoms with Gasteiger partial charge in [-0.3, -0.25) is 9.36 Å². The van der Waals surface area contributed by atoms with E-state index in [1.165, 1.54) is 16.8 Å². The lowest BCUT2D eigenvalue weighted by atomic mass is 10.3. The number of carboxylic acid groups (broad SMARTS) is 1. The summed E-state index contributed by atoms with van der Waals surface area (Å²) >= 11 is 0.907. The zero-order valence-electron chi connectivity index (χ0n) is 9.93. The molecule has 2 aromatic rings. The van der Waals surface area contributed by atoms with Gasteiger partial charge in [0.2, 0.25) is 0 Å². The Kier molecular flexibility index (Phi) is 3.84. The summed E-state index contributed by atoms with van der Waals surface area (Å²) in [5, 5.41) is 8.89. The molecule has 0 atom stereocenters. The van der Waals surface area contributed by atoms with Crippen molar-refractivity contribution >= 4 is 17.7 Å². The van der Waals surface area contributed by atoms with Crippen LogP contribution >= 0.6 is 11.8 Å². The number of imidazole rings is 1. The van der Waals surface area contributed by atoms with Crippen LogP contribution in [0.4, 0.5) is 8.78 Å². The third-order valence-electron chi connectivity index (χ3n) is 2.30. The zero-order chi connectivity index (χ0) is 14.0. The Morgan fingerprint density at radius 3 is 2.63 bits per heavy atom. The summed E-state index contributed by atoms with van der Waals surface area (Å²) in [6.07, 6.45) is 1.46. The van der Waals surface area contributed by atoms with E-state index in [1.54, 1.807) is 6.92 Å². The van der Waals surface area contributed by atoms with Crippen LogP contribution in [0, 0.1) is 18.6 Å². The molecule has 0 aliphatic rings. The fourth-order valence-electron chi connectivity index (χ4n) is 1.58. The highest BCUT2D eigenvalue weighted by Crippen LogP contribution is 2.25. The molecule has 0 aliphatic carbocycles. The summed E-state index contributed by atoms with van der Waals surface area (Å²) in [5.74, 6) is -2.71. The lowest BCUT2D eigenvalue weighted by Gasteiger charge is -2.08. The molecule has 100 valence electrons.